The van der Waals surface area contributed by atoms with Gasteiger partial charge in [-0.2, -0.15) is 5.10 Å². The van der Waals surface area contributed by atoms with E-state index in [0.29, 0.717) is 0 Å². The molecule has 1 fully saturated rings. The van der Waals surface area contributed by atoms with Crippen LogP contribution in [0.4, 0.5) is 0 Å². The Hall–Kier alpha value is -0.920. The Bertz CT molecular complexity index is 456. The molecule has 0 aromatic carbocycles. The second-order valence-corrected chi connectivity index (χ2v) is 5.39. The largest absolute Gasteiger partial charge is 0.394 e. The molecule has 84 valence electrons. The molecule has 15 heavy (non-hydrogen) atoms. The van der Waals surface area contributed by atoms with E-state index in [0.717, 1.165) is 19.3 Å². The molecule has 1 aliphatic rings. The van der Waals surface area contributed by atoms with Crippen LogP contribution in [0.3, 0.4) is 0 Å². The van der Waals surface area contributed by atoms with Gasteiger partial charge in [0, 0.05) is 6.20 Å². The predicted molar refractivity (Wildman–Crippen MR) is 52.5 cm³/mol. The van der Waals surface area contributed by atoms with E-state index in [-0.39, 0.29) is 11.6 Å². The lowest BCUT2D eigenvalue weighted by Crippen LogP contribution is -2.44. The molecular formula is C8H13N3O3S. The molecule has 0 aliphatic heterocycles. The van der Waals surface area contributed by atoms with Gasteiger partial charge in [-0.15, -0.1) is 0 Å². The summed E-state index contributed by atoms with van der Waals surface area (Å²) in [5.74, 6) is 0. The lowest BCUT2D eigenvalue weighted by Gasteiger charge is -2.40. The van der Waals surface area contributed by atoms with Gasteiger partial charge in [-0.05, 0) is 25.3 Å². The Kier molecular flexibility index (Phi) is 2.32. The summed E-state index contributed by atoms with van der Waals surface area (Å²) in [7, 11) is -3.75. The summed E-state index contributed by atoms with van der Waals surface area (Å²) in [6.07, 6.45) is 4.20. The van der Waals surface area contributed by atoms with Crippen LogP contribution in [0.1, 0.15) is 19.3 Å². The molecule has 6 nitrogen and oxygen atoms in total. The van der Waals surface area contributed by atoms with E-state index in [9.17, 15) is 13.5 Å². The van der Waals surface area contributed by atoms with Crippen LogP contribution in [0.5, 0.6) is 0 Å². The van der Waals surface area contributed by atoms with Crippen molar-refractivity contribution < 1.29 is 13.5 Å². The molecule has 0 bridgehead atoms. The molecule has 7 heteroatoms. The monoisotopic (exact) mass is 231 g/mol. The van der Waals surface area contributed by atoms with Gasteiger partial charge in [-0.3, -0.25) is 4.68 Å². The molecule has 0 unspecified atom stereocenters. The van der Waals surface area contributed by atoms with Gasteiger partial charge in [0.05, 0.1) is 12.1 Å². The number of aliphatic hydroxyl groups excluding tert-OH is 1. The molecule has 1 saturated carbocycles. The van der Waals surface area contributed by atoms with Crippen molar-refractivity contribution in [2.24, 2.45) is 5.14 Å². The highest BCUT2D eigenvalue weighted by Gasteiger charge is 2.39. The lowest BCUT2D eigenvalue weighted by atomic mass is 9.77. The standard InChI is InChI=1S/C8H13N3O3S/c9-15(13,14)7-2-5-11(10-7)8(6-12)3-1-4-8/h2,5,12H,1,3-4,6H2,(H2,9,13,14). The summed E-state index contributed by atoms with van der Waals surface area (Å²) in [5.41, 5.74) is -0.414. The Morgan fingerprint density at radius 1 is 1.60 bits per heavy atom. The van der Waals surface area contributed by atoms with Crippen molar-refractivity contribution in [3.8, 4) is 0 Å². The molecule has 1 aliphatic carbocycles. The first kappa shape index (κ1) is 10.6. The van der Waals surface area contributed by atoms with Gasteiger partial charge in [-0.1, -0.05) is 0 Å². The third-order valence-electron chi connectivity index (χ3n) is 2.92. The number of nitrogens with zero attached hydrogens (tertiary/aromatic N) is 2. The maximum atomic E-state index is 11.0. The molecule has 0 spiro atoms. The summed E-state index contributed by atoms with van der Waals surface area (Å²) in [5, 5.41) is 17.9. The van der Waals surface area contributed by atoms with Crippen molar-refractivity contribution in [1.82, 2.24) is 9.78 Å². The summed E-state index contributed by atoms with van der Waals surface area (Å²) in [6.45, 7) is -0.0290. The minimum atomic E-state index is -3.75. The first-order chi connectivity index (χ1) is 6.98. The highest BCUT2D eigenvalue weighted by molar-refractivity contribution is 7.89. The molecule has 3 N–H and O–H groups in total. The molecule has 0 atom stereocenters. The van der Waals surface area contributed by atoms with E-state index in [4.69, 9.17) is 5.14 Å². The quantitative estimate of drug-likeness (QED) is 0.725. The Morgan fingerprint density at radius 2 is 2.27 bits per heavy atom. The van der Waals surface area contributed by atoms with E-state index in [1.807, 2.05) is 0 Å². The van der Waals surface area contributed by atoms with E-state index in [1.165, 1.54) is 10.7 Å². The van der Waals surface area contributed by atoms with Crippen LogP contribution in [-0.2, 0) is 15.6 Å². The van der Waals surface area contributed by atoms with Gasteiger partial charge >= 0.3 is 0 Å². The SMILES string of the molecule is NS(=O)(=O)c1ccn(C2(CO)CCC2)n1. The average Bonchev–Trinajstić information content (AvgIpc) is 2.51. The number of primary sulfonamides is 1. The Labute approximate surface area is 87.8 Å². The van der Waals surface area contributed by atoms with Gasteiger partial charge in [0.15, 0.2) is 5.03 Å². The molecule has 0 amide bonds. The summed E-state index contributed by atoms with van der Waals surface area (Å²) < 4.78 is 23.5. The smallest absolute Gasteiger partial charge is 0.257 e. The minimum absolute atomic E-state index is 0.0290. The molecular weight excluding hydrogens is 218 g/mol. The minimum Gasteiger partial charge on any atom is -0.394 e. The van der Waals surface area contributed by atoms with Crippen molar-refractivity contribution in [2.45, 2.75) is 29.8 Å². The van der Waals surface area contributed by atoms with Crippen LogP contribution in [0.15, 0.2) is 17.3 Å². The molecule has 1 aromatic rings. The normalized spacial score (nSPS) is 19.9. The van der Waals surface area contributed by atoms with Crippen molar-refractivity contribution in [1.29, 1.82) is 0 Å². The van der Waals surface area contributed by atoms with Crippen LogP contribution in [0, 0.1) is 0 Å². The second-order valence-electron chi connectivity index (χ2n) is 3.88. The number of nitrogens with two attached hydrogens (primary N) is 1. The number of aliphatic hydroxyl groups is 1. The average molecular weight is 231 g/mol. The number of aromatic nitrogens is 2. The lowest BCUT2D eigenvalue weighted by molar-refractivity contribution is 0.0427. The molecule has 0 radical (unpaired) electrons. The highest BCUT2D eigenvalue weighted by atomic mass is 32.2. The maximum Gasteiger partial charge on any atom is 0.257 e. The third-order valence-corrected chi connectivity index (χ3v) is 3.72. The fourth-order valence-corrected chi connectivity index (χ4v) is 2.22. The fourth-order valence-electron chi connectivity index (χ4n) is 1.77. The van der Waals surface area contributed by atoms with Crippen LogP contribution >= 0.6 is 0 Å². The van der Waals surface area contributed by atoms with Gasteiger partial charge in [0.1, 0.15) is 0 Å². The first-order valence-electron chi connectivity index (χ1n) is 4.68. The Morgan fingerprint density at radius 3 is 2.60 bits per heavy atom. The van der Waals surface area contributed by atoms with Crippen LogP contribution < -0.4 is 5.14 Å². The fraction of sp³-hybridized carbons (Fsp3) is 0.625. The van der Waals surface area contributed by atoms with Gasteiger partial charge in [-0.25, -0.2) is 13.6 Å². The van der Waals surface area contributed by atoms with Gasteiger partial charge in [0.25, 0.3) is 10.0 Å². The number of hydrogen-bond acceptors (Lipinski definition) is 4. The predicted octanol–water partition coefficient (Wildman–Crippen LogP) is -0.598. The summed E-state index contributed by atoms with van der Waals surface area (Å²) in [6, 6.07) is 1.35. The number of hydrogen-bond donors (Lipinski definition) is 2. The summed E-state index contributed by atoms with van der Waals surface area (Å²) in [4.78, 5) is 0. The zero-order chi connectivity index (χ0) is 11.1. The van der Waals surface area contributed by atoms with Crippen molar-refractivity contribution in [2.75, 3.05) is 6.61 Å². The molecule has 0 saturated heterocycles. The second kappa shape index (κ2) is 3.29. The van der Waals surface area contributed by atoms with E-state index in [2.05, 4.69) is 5.10 Å². The van der Waals surface area contributed by atoms with E-state index in [1.54, 1.807) is 6.20 Å². The van der Waals surface area contributed by atoms with E-state index >= 15 is 0 Å². The highest BCUT2D eigenvalue weighted by Crippen LogP contribution is 2.38. The van der Waals surface area contributed by atoms with E-state index < -0.39 is 15.6 Å². The van der Waals surface area contributed by atoms with Crippen molar-refractivity contribution in [3.05, 3.63) is 12.3 Å². The van der Waals surface area contributed by atoms with Crippen LogP contribution in [0.2, 0.25) is 0 Å². The number of rotatable bonds is 3. The molecule has 1 heterocycles. The first-order valence-corrected chi connectivity index (χ1v) is 6.22. The van der Waals surface area contributed by atoms with Gasteiger partial charge in [0.2, 0.25) is 0 Å². The summed E-state index contributed by atoms with van der Waals surface area (Å²) >= 11 is 0. The van der Waals surface area contributed by atoms with Crippen molar-refractivity contribution in [3.63, 3.8) is 0 Å². The van der Waals surface area contributed by atoms with Crippen molar-refractivity contribution >= 4 is 10.0 Å². The molecule has 2 rings (SSSR count). The van der Waals surface area contributed by atoms with Gasteiger partial charge < -0.3 is 5.11 Å². The third kappa shape index (κ3) is 1.66. The zero-order valence-electron chi connectivity index (χ0n) is 8.13. The number of sulfonamides is 1. The van der Waals surface area contributed by atoms with Crippen LogP contribution in [-0.4, -0.2) is 29.9 Å². The topological polar surface area (TPSA) is 98.2 Å². The van der Waals surface area contributed by atoms with Crippen LogP contribution in [0.25, 0.3) is 0 Å². The zero-order valence-corrected chi connectivity index (χ0v) is 8.94. The molecule has 1 aromatic heterocycles. The Balaban J connectivity index is 2.35. The maximum absolute atomic E-state index is 11.0.